The number of benzene rings is 2. The van der Waals surface area contributed by atoms with E-state index in [0.29, 0.717) is 11.8 Å². The van der Waals surface area contributed by atoms with Gasteiger partial charge in [0.2, 0.25) is 6.79 Å². The molecule has 3 aromatic rings. The van der Waals surface area contributed by atoms with Crippen LogP contribution < -0.4 is 9.47 Å². The predicted molar refractivity (Wildman–Crippen MR) is 89.4 cm³/mol. The van der Waals surface area contributed by atoms with Crippen molar-refractivity contribution in [2.24, 2.45) is 0 Å². The number of ether oxygens (including phenoxy) is 2. The number of nitrogens with zero attached hydrogens (tertiary/aromatic N) is 3. The smallest absolute Gasteiger partial charge is 0.282 e. The second-order valence-electron chi connectivity index (χ2n) is 5.33. The largest absolute Gasteiger partial charge is 0.454 e. The maximum absolute atomic E-state index is 14.3. The lowest BCUT2D eigenvalue weighted by atomic mass is 10.1. The molecule has 0 unspecified atom stereocenters. The molecule has 0 N–H and O–H groups in total. The Morgan fingerprint density at radius 1 is 1.19 bits per heavy atom. The molecule has 0 saturated carbocycles. The van der Waals surface area contributed by atoms with Gasteiger partial charge < -0.3 is 9.47 Å². The summed E-state index contributed by atoms with van der Waals surface area (Å²) in [5, 5.41) is 15.5. The second-order valence-corrected chi connectivity index (χ2v) is 6.18. The molecule has 4 rings (SSSR count). The number of rotatable bonds is 3. The molecule has 0 saturated heterocycles. The molecule has 0 fully saturated rings. The lowest BCUT2D eigenvalue weighted by Crippen LogP contribution is -2.05. The Labute approximate surface area is 153 Å². The third-order valence-corrected chi connectivity index (χ3v) is 4.40. The quantitative estimate of drug-likeness (QED) is 0.465. The summed E-state index contributed by atoms with van der Waals surface area (Å²) in [4.78, 5) is 10.9. The molecule has 132 valence electrons. The minimum atomic E-state index is -0.870. The maximum atomic E-state index is 14.3. The molecule has 10 heteroatoms. The van der Waals surface area contributed by atoms with Crippen LogP contribution in [0.2, 0.25) is 0 Å². The van der Waals surface area contributed by atoms with Gasteiger partial charge in [-0.25, -0.2) is 13.5 Å². The molecule has 1 aliphatic heterocycles. The third kappa shape index (κ3) is 2.58. The highest BCUT2D eigenvalue weighted by atomic mass is 79.9. The molecule has 2 aromatic carbocycles. The van der Waals surface area contributed by atoms with Crippen LogP contribution in [0.1, 0.15) is 0 Å². The zero-order chi connectivity index (χ0) is 18.4. The fourth-order valence-electron chi connectivity index (χ4n) is 2.71. The van der Waals surface area contributed by atoms with Gasteiger partial charge in [-0.2, -0.15) is 5.10 Å². The Kier molecular flexibility index (Phi) is 3.83. The van der Waals surface area contributed by atoms with Crippen molar-refractivity contribution in [2.45, 2.75) is 0 Å². The number of fused-ring (bicyclic) bond motifs is 1. The van der Waals surface area contributed by atoms with Gasteiger partial charge in [0.1, 0.15) is 11.5 Å². The van der Waals surface area contributed by atoms with E-state index in [0.717, 1.165) is 10.7 Å². The highest BCUT2D eigenvalue weighted by Crippen LogP contribution is 2.43. The van der Waals surface area contributed by atoms with Gasteiger partial charge in [-0.1, -0.05) is 0 Å². The summed E-state index contributed by atoms with van der Waals surface area (Å²) in [6.45, 7) is -0.0483. The van der Waals surface area contributed by atoms with Gasteiger partial charge in [0.25, 0.3) is 5.69 Å². The molecule has 0 spiro atoms. The summed E-state index contributed by atoms with van der Waals surface area (Å²) in [7, 11) is 0. The molecule has 1 aliphatic rings. The Bertz CT molecular complexity index is 1030. The van der Waals surface area contributed by atoms with Crippen molar-refractivity contribution in [1.82, 2.24) is 9.78 Å². The highest BCUT2D eigenvalue weighted by molar-refractivity contribution is 9.10. The molecule has 0 amide bonds. The van der Waals surface area contributed by atoms with E-state index in [2.05, 4.69) is 21.0 Å². The van der Waals surface area contributed by atoms with Crippen molar-refractivity contribution in [3.05, 3.63) is 62.8 Å². The summed E-state index contributed by atoms with van der Waals surface area (Å²) in [5.74, 6) is -1.05. The van der Waals surface area contributed by atoms with E-state index in [1.807, 2.05) is 0 Å². The Balaban J connectivity index is 1.96. The number of aromatic nitrogens is 2. The fourth-order valence-corrected chi connectivity index (χ4v) is 3.29. The number of nitro benzene ring substituents is 1. The molecular formula is C16H8BrF2N3O4. The average Bonchev–Trinajstić information content (AvgIpc) is 3.20. The Morgan fingerprint density at radius 2 is 1.92 bits per heavy atom. The maximum Gasteiger partial charge on any atom is 0.282 e. The van der Waals surface area contributed by atoms with Gasteiger partial charge in [-0.3, -0.25) is 10.1 Å². The van der Waals surface area contributed by atoms with Gasteiger partial charge in [0.05, 0.1) is 28.4 Å². The summed E-state index contributed by atoms with van der Waals surface area (Å²) in [6, 6.07) is 5.95. The molecule has 7 nitrogen and oxygen atoms in total. The zero-order valence-corrected chi connectivity index (χ0v) is 14.4. The molecule has 0 aliphatic carbocycles. The minimum Gasteiger partial charge on any atom is -0.454 e. The van der Waals surface area contributed by atoms with Crippen molar-refractivity contribution in [1.29, 1.82) is 0 Å². The normalized spacial score (nSPS) is 12.4. The van der Waals surface area contributed by atoms with E-state index in [1.54, 1.807) is 0 Å². The predicted octanol–water partition coefficient (Wildman–Crippen LogP) is 4.22. The zero-order valence-electron chi connectivity index (χ0n) is 12.8. The van der Waals surface area contributed by atoms with Crippen molar-refractivity contribution < 1.29 is 23.2 Å². The van der Waals surface area contributed by atoms with Gasteiger partial charge in [-0.15, -0.1) is 0 Å². The van der Waals surface area contributed by atoms with E-state index in [9.17, 15) is 18.9 Å². The molecule has 0 radical (unpaired) electrons. The highest BCUT2D eigenvalue weighted by Gasteiger charge is 2.27. The SMILES string of the molecule is O=[N+]([O-])c1cc2c(cc1-c1ccnn1-c1c(F)cc(F)cc1Br)OCO2. The van der Waals surface area contributed by atoms with Crippen LogP contribution in [0.5, 0.6) is 11.5 Å². The molecule has 0 atom stereocenters. The summed E-state index contributed by atoms with van der Waals surface area (Å²) in [5.41, 5.74) is 0.0709. The molecule has 2 heterocycles. The van der Waals surface area contributed by atoms with E-state index in [-0.39, 0.29) is 39.6 Å². The summed E-state index contributed by atoms with van der Waals surface area (Å²) < 4.78 is 39.4. The van der Waals surface area contributed by atoms with Crippen LogP contribution in [0.25, 0.3) is 16.9 Å². The first-order valence-electron chi connectivity index (χ1n) is 7.23. The van der Waals surface area contributed by atoms with Crippen LogP contribution in [0.3, 0.4) is 0 Å². The number of hydrogen-bond donors (Lipinski definition) is 0. The van der Waals surface area contributed by atoms with Crippen molar-refractivity contribution in [3.63, 3.8) is 0 Å². The summed E-state index contributed by atoms with van der Waals surface area (Å²) in [6.07, 6.45) is 1.36. The van der Waals surface area contributed by atoms with E-state index in [1.165, 1.54) is 24.4 Å². The van der Waals surface area contributed by atoms with Crippen molar-refractivity contribution in [2.75, 3.05) is 6.79 Å². The summed E-state index contributed by atoms with van der Waals surface area (Å²) >= 11 is 3.10. The van der Waals surface area contributed by atoms with Crippen LogP contribution in [0.4, 0.5) is 14.5 Å². The van der Waals surface area contributed by atoms with E-state index >= 15 is 0 Å². The van der Waals surface area contributed by atoms with Crippen LogP contribution in [-0.2, 0) is 0 Å². The topological polar surface area (TPSA) is 79.4 Å². The van der Waals surface area contributed by atoms with E-state index < -0.39 is 16.6 Å². The first-order valence-corrected chi connectivity index (χ1v) is 8.02. The molecule has 26 heavy (non-hydrogen) atoms. The van der Waals surface area contributed by atoms with Gasteiger partial charge in [0.15, 0.2) is 17.3 Å². The van der Waals surface area contributed by atoms with Crippen LogP contribution in [-0.4, -0.2) is 21.5 Å². The lowest BCUT2D eigenvalue weighted by molar-refractivity contribution is -0.384. The third-order valence-electron chi connectivity index (χ3n) is 3.80. The van der Waals surface area contributed by atoms with Crippen LogP contribution >= 0.6 is 15.9 Å². The number of hydrogen-bond acceptors (Lipinski definition) is 5. The molecule has 1 aromatic heterocycles. The van der Waals surface area contributed by atoms with E-state index in [4.69, 9.17) is 9.47 Å². The standard InChI is InChI=1S/C16H8BrF2N3O4/c17-10-3-8(18)4-11(19)16(10)21-12(1-2-20-21)9-5-14-15(26-7-25-14)6-13(9)22(23)24/h1-6H,7H2. The molecule has 0 bridgehead atoms. The Morgan fingerprint density at radius 3 is 2.62 bits per heavy atom. The minimum absolute atomic E-state index is 0.0483. The monoisotopic (exact) mass is 423 g/mol. The van der Waals surface area contributed by atoms with Crippen molar-refractivity contribution >= 4 is 21.6 Å². The second kappa shape index (κ2) is 6.06. The van der Waals surface area contributed by atoms with Crippen LogP contribution in [0.15, 0.2) is 41.0 Å². The first-order chi connectivity index (χ1) is 12.5. The lowest BCUT2D eigenvalue weighted by Gasteiger charge is -2.11. The van der Waals surface area contributed by atoms with Gasteiger partial charge in [0, 0.05) is 16.6 Å². The number of halogens is 3. The fraction of sp³-hybridized carbons (Fsp3) is 0.0625. The number of nitro groups is 1. The van der Waals surface area contributed by atoms with Gasteiger partial charge in [-0.05, 0) is 28.1 Å². The van der Waals surface area contributed by atoms with Crippen LogP contribution in [0, 0.1) is 21.7 Å². The van der Waals surface area contributed by atoms with Crippen molar-refractivity contribution in [3.8, 4) is 28.4 Å². The Hall–Kier alpha value is -3.01. The first kappa shape index (κ1) is 16.5. The average molecular weight is 424 g/mol. The van der Waals surface area contributed by atoms with Gasteiger partial charge >= 0.3 is 0 Å². The molecular weight excluding hydrogens is 416 g/mol.